The summed E-state index contributed by atoms with van der Waals surface area (Å²) < 4.78 is 0. The maximum absolute atomic E-state index is 10.5. The lowest BCUT2D eigenvalue weighted by molar-refractivity contribution is 0.146. The molecule has 112 valence electrons. The largest absolute Gasteiger partial charge is 0.387 e. The molecule has 2 heteroatoms. The maximum atomic E-state index is 10.5. The van der Waals surface area contributed by atoms with Crippen LogP contribution < -0.4 is 5.32 Å². The van der Waals surface area contributed by atoms with Crippen molar-refractivity contribution >= 4 is 10.8 Å². The van der Waals surface area contributed by atoms with Gasteiger partial charge in [-0.2, -0.15) is 0 Å². The number of hydrogen-bond acceptors (Lipinski definition) is 2. The van der Waals surface area contributed by atoms with Crippen LogP contribution >= 0.6 is 0 Å². The number of hydrogen-bond donors (Lipinski definition) is 2. The van der Waals surface area contributed by atoms with Gasteiger partial charge in [-0.25, -0.2) is 0 Å². The van der Waals surface area contributed by atoms with E-state index in [1.807, 2.05) is 18.2 Å². The second-order valence-electron chi connectivity index (χ2n) is 6.62. The summed E-state index contributed by atoms with van der Waals surface area (Å²) in [6.45, 7) is 2.92. The highest BCUT2D eigenvalue weighted by Gasteiger charge is 2.26. The van der Waals surface area contributed by atoms with Gasteiger partial charge in [-0.05, 0) is 42.2 Å². The fourth-order valence-electron chi connectivity index (χ4n) is 3.38. The van der Waals surface area contributed by atoms with Crippen molar-refractivity contribution in [2.45, 2.75) is 50.7 Å². The van der Waals surface area contributed by atoms with Gasteiger partial charge in [0.25, 0.3) is 0 Å². The fraction of sp³-hybridized carbons (Fsp3) is 0.474. The van der Waals surface area contributed by atoms with Gasteiger partial charge in [0.2, 0.25) is 0 Å². The third-order valence-electron chi connectivity index (χ3n) is 4.84. The van der Waals surface area contributed by atoms with Crippen molar-refractivity contribution in [2.24, 2.45) is 0 Å². The molecule has 1 unspecified atom stereocenters. The Bertz CT molecular complexity index is 601. The minimum Gasteiger partial charge on any atom is -0.387 e. The monoisotopic (exact) mass is 283 g/mol. The molecule has 1 saturated carbocycles. The zero-order valence-corrected chi connectivity index (χ0v) is 12.8. The minimum absolute atomic E-state index is 0.204. The summed E-state index contributed by atoms with van der Waals surface area (Å²) >= 11 is 0. The zero-order chi connectivity index (χ0) is 14.7. The molecule has 0 amide bonds. The van der Waals surface area contributed by atoms with E-state index in [0.717, 1.165) is 5.56 Å². The molecule has 21 heavy (non-hydrogen) atoms. The van der Waals surface area contributed by atoms with E-state index in [4.69, 9.17) is 0 Å². The van der Waals surface area contributed by atoms with Crippen molar-refractivity contribution in [1.82, 2.24) is 5.32 Å². The molecule has 0 aliphatic heterocycles. The number of rotatable bonds is 4. The summed E-state index contributed by atoms with van der Waals surface area (Å²) in [5.74, 6) is 0. The van der Waals surface area contributed by atoms with Crippen LogP contribution in [0.25, 0.3) is 10.8 Å². The van der Waals surface area contributed by atoms with E-state index in [2.05, 4.69) is 36.5 Å². The molecule has 2 aromatic carbocycles. The van der Waals surface area contributed by atoms with Gasteiger partial charge in [-0.15, -0.1) is 0 Å². The Morgan fingerprint density at radius 1 is 1.05 bits per heavy atom. The molecule has 3 rings (SSSR count). The molecule has 0 heterocycles. The Labute approximate surface area is 127 Å². The zero-order valence-electron chi connectivity index (χ0n) is 12.8. The second-order valence-corrected chi connectivity index (χ2v) is 6.62. The van der Waals surface area contributed by atoms with Crippen molar-refractivity contribution in [3.8, 4) is 0 Å². The van der Waals surface area contributed by atoms with Gasteiger partial charge in [-0.3, -0.25) is 0 Å². The summed E-state index contributed by atoms with van der Waals surface area (Å²) in [6, 6.07) is 14.5. The van der Waals surface area contributed by atoms with Crippen LogP contribution in [0.1, 0.15) is 50.7 Å². The lowest BCUT2D eigenvalue weighted by atomic mass is 9.83. The Morgan fingerprint density at radius 3 is 2.52 bits per heavy atom. The molecular formula is C19H25NO. The molecule has 1 fully saturated rings. The first-order chi connectivity index (χ1) is 10.2. The Hall–Kier alpha value is -1.38. The summed E-state index contributed by atoms with van der Waals surface area (Å²) in [4.78, 5) is 0. The van der Waals surface area contributed by atoms with E-state index in [1.165, 1.54) is 42.9 Å². The van der Waals surface area contributed by atoms with Gasteiger partial charge < -0.3 is 10.4 Å². The van der Waals surface area contributed by atoms with Crippen LogP contribution in [0.5, 0.6) is 0 Å². The van der Waals surface area contributed by atoms with Crippen LogP contribution in [0.3, 0.4) is 0 Å². The fourth-order valence-corrected chi connectivity index (χ4v) is 3.38. The highest BCUT2D eigenvalue weighted by Crippen LogP contribution is 2.28. The molecule has 2 nitrogen and oxygen atoms in total. The van der Waals surface area contributed by atoms with E-state index < -0.39 is 6.10 Å². The van der Waals surface area contributed by atoms with Gasteiger partial charge in [0, 0.05) is 12.1 Å². The third-order valence-corrected chi connectivity index (χ3v) is 4.84. The molecule has 0 aromatic heterocycles. The lowest BCUT2D eigenvalue weighted by Crippen LogP contribution is -2.45. The van der Waals surface area contributed by atoms with Crippen LogP contribution in [0.2, 0.25) is 0 Å². The van der Waals surface area contributed by atoms with Gasteiger partial charge in [-0.1, -0.05) is 55.7 Å². The smallest absolute Gasteiger partial charge is 0.0914 e. The lowest BCUT2D eigenvalue weighted by Gasteiger charge is -2.35. The van der Waals surface area contributed by atoms with Gasteiger partial charge in [0.05, 0.1) is 6.10 Å². The standard InChI is InChI=1S/C19H25NO/c1-19(11-5-2-6-12-19)20-14-18(21)17-10-9-15-7-3-4-8-16(15)13-17/h3-4,7-10,13,18,20-21H,2,5-6,11-12,14H2,1H3. The van der Waals surface area contributed by atoms with Crippen LogP contribution in [0.4, 0.5) is 0 Å². The topological polar surface area (TPSA) is 32.3 Å². The predicted molar refractivity (Wildman–Crippen MR) is 88.4 cm³/mol. The van der Waals surface area contributed by atoms with Crippen molar-refractivity contribution < 1.29 is 5.11 Å². The van der Waals surface area contributed by atoms with E-state index in [9.17, 15) is 5.11 Å². The van der Waals surface area contributed by atoms with Crippen LogP contribution in [0, 0.1) is 0 Å². The highest BCUT2D eigenvalue weighted by molar-refractivity contribution is 5.83. The molecule has 0 saturated heterocycles. The SMILES string of the molecule is CC1(NCC(O)c2ccc3ccccc3c2)CCCCC1. The first-order valence-electron chi connectivity index (χ1n) is 8.08. The van der Waals surface area contributed by atoms with E-state index in [0.29, 0.717) is 6.54 Å². The number of benzene rings is 2. The van der Waals surface area contributed by atoms with Crippen molar-refractivity contribution in [1.29, 1.82) is 0 Å². The molecule has 0 radical (unpaired) electrons. The molecular weight excluding hydrogens is 258 g/mol. The van der Waals surface area contributed by atoms with E-state index in [1.54, 1.807) is 0 Å². The van der Waals surface area contributed by atoms with Crippen molar-refractivity contribution in [2.75, 3.05) is 6.54 Å². The minimum atomic E-state index is -0.437. The molecule has 1 aliphatic carbocycles. The van der Waals surface area contributed by atoms with Gasteiger partial charge >= 0.3 is 0 Å². The van der Waals surface area contributed by atoms with Gasteiger partial charge in [0.1, 0.15) is 0 Å². The van der Waals surface area contributed by atoms with E-state index >= 15 is 0 Å². The average Bonchev–Trinajstić information content (AvgIpc) is 2.53. The molecule has 2 aromatic rings. The van der Waals surface area contributed by atoms with Gasteiger partial charge in [0.15, 0.2) is 0 Å². The average molecular weight is 283 g/mol. The first-order valence-corrected chi connectivity index (χ1v) is 8.08. The molecule has 1 atom stereocenters. The normalized spacial score (nSPS) is 19.5. The summed E-state index contributed by atoms with van der Waals surface area (Å²) in [6.07, 6.45) is 5.96. The number of nitrogens with one attached hydrogen (secondary N) is 1. The quantitative estimate of drug-likeness (QED) is 0.882. The number of aliphatic hydroxyl groups excluding tert-OH is 1. The Kier molecular flexibility index (Phi) is 4.27. The van der Waals surface area contributed by atoms with Crippen LogP contribution in [-0.2, 0) is 0 Å². The maximum Gasteiger partial charge on any atom is 0.0914 e. The third kappa shape index (κ3) is 3.45. The molecule has 0 spiro atoms. The van der Waals surface area contributed by atoms with Crippen molar-refractivity contribution in [3.05, 3.63) is 48.0 Å². The number of fused-ring (bicyclic) bond motifs is 1. The predicted octanol–water partition coefficient (Wildman–Crippen LogP) is 4.19. The summed E-state index contributed by atoms with van der Waals surface area (Å²) in [5.41, 5.74) is 1.21. The second kappa shape index (κ2) is 6.17. The summed E-state index contributed by atoms with van der Waals surface area (Å²) in [7, 11) is 0. The Balaban J connectivity index is 1.67. The van der Waals surface area contributed by atoms with Crippen LogP contribution in [0.15, 0.2) is 42.5 Å². The van der Waals surface area contributed by atoms with Crippen LogP contribution in [-0.4, -0.2) is 17.2 Å². The number of aliphatic hydroxyl groups is 1. The Morgan fingerprint density at radius 2 is 1.76 bits per heavy atom. The highest BCUT2D eigenvalue weighted by atomic mass is 16.3. The molecule has 2 N–H and O–H groups in total. The van der Waals surface area contributed by atoms with E-state index in [-0.39, 0.29) is 5.54 Å². The molecule has 1 aliphatic rings. The first kappa shape index (κ1) is 14.6. The van der Waals surface area contributed by atoms with Crippen molar-refractivity contribution in [3.63, 3.8) is 0 Å². The summed E-state index contributed by atoms with van der Waals surface area (Å²) in [5, 5.41) is 16.5. The number of β-amino-alcohol motifs (C(OH)–C–C–N with tert-alkyl or cyclic N) is 1. The molecule has 0 bridgehead atoms.